The summed E-state index contributed by atoms with van der Waals surface area (Å²) in [4.78, 5) is 14.3. The summed E-state index contributed by atoms with van der Waals surface area (Å²) in [5.74, 6) is -1.52. The summed E-state index contributed by atoms with van der Waals surface area (Å²) in [7, 11) is 0. The number of aromatic nitrogens is 2. The third-order valence-electron chi connectivity index (χ3n) is 4.57. The first kappa shape index (κ1) is 17.4. The van der Waals surface area contributed by atoms with Gasteiger partial charge in [-0.3, -0.25) is 9.89 Å². The van der Waals surface area contributed by atoms with Crippen molar-refractivity contribution in [3.63, 3.8) is 0 Å². The van der Waals surface area contributed by atoms with Crippen molar-refractivity contribution in [3.05, 3.63) is 47.3 Å². The minimum Gasteiger partial charge on any atom is -0.371 e. The second-order valence-corrected chi connectivity index (χ2v) is 6.42. The van der Waals surface area contributed by atoms with Gasteiger partial charge in [0.2, 0.25) is 0 Å². The lowest BCUT2D eigenvalue weighted by Gasteiger charge is -2.19. The zero-order valence-corrected chi connectivity index (χ0v) is 14.2. The molecule has 2 aromatic rings. The van der Waals surface area contributed by atoms with E-state index in [4.69, 9.17) is 0 Å². The summed E-state index contributed by atoms with van der Waals surface area (Å²) in [6.07, 6.45) is 4.18. The molecule has 2 heterocycles. The Hall–Kier alpha value is -2.44. The van der Waals surface area contributed by atoms with Crippen molar-refractivity contribution in [3.8, 4) is 0 Å². The molecule has 3 rings (SSSR count). The number of carbonyl (C=O) groups is 1. The Morgan fingerprint density at radius 1 is 1.40 bits per heavy atom. The maximum absolute atomic E-state index is 13.4. The van der Waals surface area contributed by atoms with Crippen molar-refractivity contribution in [2.24, 2.45) is 5.92 Å². The minimum absolute atomic E-state index is 0.122. The molecule has 0 bridgehead atoms. The third-order valence-corrected chi connectivity index (χ3v) is 4.57. The Kier molecular flexibility index (Phi) is 5.31. The Labute approximate surface area is 145 Å². The molecule has 1 atom stereocenters. The Morgan fingerprint density at radius 2 is 2.24 bits per heavy atom. The van der Waals surface area contributed by atoms with E-state index < -0.39 is 11.6 Å². The number of nitrogens with zero attached hydrogens (tertiary/aromatic N) is 2. The molecule has 7 heteroatoms. The van der Waals surface area contributed by atoms with Crippen molar-refractivity contribution in [2.75, 3.05) is 24.5 Å². The molecular formula is C18H22F2N4O. The monoisotopic (exact) mass is 348 g/mol. The molecule has 1 aromatic heterocycles. The SMILES string of the molecule is CCCc1[nH]ncc1C(=O)NC[C@@H]1CCN(c2ccc(F)c(F)c2)C1. The van der Waals surface area contributed by atoms with Crippen LogP contribution in [0.2, 0.25) is 0 Å². The van der Waals surface area contributed by atoms with Crippen LogP contribution in [0.25, 0.3) is 0 Å². The molecule has 1 amide bonds. The summed E-state index contributed by atoms with van der Waals surface area (Å²) in [5.41, 5.74) is 2.12. The average molecular weight is 348 g/mol. The number of hydrogen-bond donors (Lipinski definition) is 2. The normalized spacial score (nSPS) is 17.1. The van der Waals surface area contributed by atoms with Gasteiger partial charge in [0.05, 0.1) is 11.8 Å². The number of aryl methyl sites for hydroxylation is 1. The molecule has 0 radical (unpaired) electrons. The number of amides is 1. The minimum atomic E-state index is -0.838. The molecule has 0 unspecified atom stereocenters. The predicted molar refractivity (Wildman–Crippen MR) is 91.6 cm³/mol. The zero-order chi connectivity index (χ0) is 17.8. The van der Waals surface area contributed by atoms with Gasteiger partial charge < -0.3 is 10.2 Å². The van der Waals surface area contributed by atoms with Crippen LogP contribution in [0.1, 0.15) is 35.8 Å². The largest absolute Gasteiger partial charge is 0.371 e. The molecule has 0 spiro atoms. The topological polar surface area (TPSA) is 61.0 Å². The number of nitrogens with one attached hydrogen (secondary N) is 2. The first-order valence-electron chi connectivity index (χ1n) is 8.59. The van der Waals surface area contributed by atoms with Crippen LogP contribution in [0.5, 0.6) is 0 Å². The highest BCUT2D eigenvalue weighted by atomic mass is 19.2. The molecule has 0 aliphatic carbocycles. The number of anilines is 1. The smallest absolute Gasteiger partial charge is 0.254 e. The van der Waals surface area contributed by atoms with Crippen LogP contribution in [0.15, 0.2) is 24.4 Å². The van der Waals surface area contributed by atoms with E-state index in [1.54, 1.807) is 12.3 Å². The van der Waals surface area contributed by atoms with Crippen molar-refractivity contribution >= 4 is 11.6 Å². The van der Waals surface area contributed by atoms with Gasteiger partial charge in [-0.25, -0.2) is 8.78 Å². The molecule has 1 aliphatic rings. The predicted octanol–water partition coefficient (Wildman–Crippen LogP) is 2.90. The average Bonchev–Trinajstić information content (AvgIpc) is 3.25. The Bertz CT molecular complexity index is 746. The summed E-state index contributed by atoms with van der Waals surface area (Å²) in [5, 5.41) is 9.78. The number of hydrogen-bond acceptors (Lipinski definition) is 3. The van der Waals surface area contributed by atoms with Crippen LogP contribution >= 0.6 is 0 Å². The quantitative estimate of drug-likeness (QED) is 0.844. The van der Waals surface area contributed by atoms with Crippen LogP contribution in [0.4, 0.5) is 14.5 Å². The van der Waals surface area contributed by atoms with E-state index in [0.29, 0.717) is 24.3 Å². The van der Waals surface area contributed by atoms with Gasteiger partial charge in [-0.15, -0.1) is 0 Å². The lowest BCUT2D eigenvalue weighted by Crippen LogP contribution is -2.31. The number of aromatic amines is 1. The highest BCUT2D eigenvalue weighted by Gasteiger charge is 2.24. The molecule has 1 saturated heterocycles. The van der Waals surface area contributed by atoms with Crippen molar-refractivity contribution in [1.82, 2.24) is 15.5 Å². The van der Waals surface area contributed by atoms with Gasteiger partial charge in [0, 0.05) is 37.1 Å². The summed E-state index contributed by atoms with van der Waals surface area (Å²) >= 11 is 0. The van der Waals surface area contributed by atoms with Gasteiger partial charge in [-0.05, 0) is 30.9 Å². The number of halogens is 2. The molecule has 5 nitrogen and oxygen atoms in total. The standard InChI is InChI=1S/C18H22F2N4O/c1-2-3-17-14(10-22-23-17)18(25)21-9-12-6-7-24(11-12)13-4-5-15(19)16(20)8-13/h4-5,8,10,12H,2-3,6-7,9,11H2,1H3,(H,21,25)(H,22,23)/t12-/m0/s1. The second-order valence-electron chi connectivity index (χ2n) is 6.42. The fourth-order valence-corrected chi connectivity index (χ4v) is 3.20. The van der Waals surface area contributed by atoms with Crippen molar-refractivity contribution in [1.29, 1.82) is 0 Å². The van der Waals surface area contributed by atoms with E-state index in [1.165, 1.54) is 6.07 Å². The number of H-pyrrole nitrogens is 1. The van der Waals surface area contributed by atoms with Crippen LogP contribution in [-0.4, -0.2) is 35.7 Å². The van der Waals surface area contributed by atoms with Crippen LogP contribution in [0, 0.1) is 17.6 Å². The van der Waals surface area contributed by atoms with E-state index in [1.807, 2.05) is 11.8 Å². The highest BCUT2D eigenvalue weighted by molar-refractivity contribution is 5.95. The maximum atomic E-state index is 13.4. The third kappa shape index (κ3) is 3.97. The number of benzene rings is 1. The lowest BCUT2D eigenvalue weighted by molar-refractivity contribution is 0.0947. The molecular weight excluding hydrogens is 326 g/mol. The van der Waals surface area contributed by atoms with Gasteiger partial charge in [-0.2, -0.15) is 5.10 Å². The van der Waals surface area contributed by atoms with Crippen LogP contribution in [0.3, 0.4) is 0 Å². The molecule has 1 aliphatic heterocycles. The van der Waals surface area contributed by atoms with Gasteiger partial charge in [-0.1, -0.05) is 13.3 Å². The molecule has 134 valence electrons. The number of rotatable bonds is 6. The van der Waals surface area contributed by atoms with E-state index in [9.17, 15) is 13.6 Å². The first-order valence-corrected chi connectivity index (χ1v) is 8.59. The van der Waals surface area contributed by atoms with Crippen LogP contribution in [-0.2, 0) is 6.42 Å². The first-order chi connectivity index (χ1) is 12.1. The molecule has 1 aromatic carbocycles. The van der Waals surface area contributed by atoms with Crippen molar-refractivity contribution < 1.29 is 13.6 Å². The van der Waals surface area contributed by atoms with E-state index in [2.05, 4.69) is 15.5 Å². The molecule has 0 saturated carbocycles. The lowest BCUT2D eigenvalue weighted by atomic mass is 10.1. The second kappa shape index (κ2) is 7.63. The zero-order valence-electron chi connectivity index (χ0n) is 14.2. The van der Waals surface area contributed by atoms with E-state index in [0.717, 1.165) is 37.6 Å². The van der Waals surface area contributed by atoms with Gasteiger partial charge in [0.1, 0.15) is 0 Å². The van der Waals surface area contributed by atoms with Gasteiger partial charge >= 0.3 is 0 Å². The summed E-state index contributed by atoms with van der Waals surface area (Å²) in [6, 6.07) is 3.95. The summed E-state index contributed by atoms with van der Waals surface area (Å²) in [6.45, 7) is 4.07. The number of carbonyl (C=O) groups excluding carboxylic acids is 1. The highest BCUT2D eigenvalue weighted by Crippen LogP contribution is 2.25. The van der Waals surface area contributed by atoms with Crippen molar-refractivity contribution in [2.45, 2.75) is 26.2 Å². The van der Waals surface area contributed by atoms with E-state index >= 15 is 0 Å². The molecule has 25 heavy (non-hydrogen) atoms. The van der Waals surface area contributed by atoms with E-state index in [-0.39, 0.29) is 11.8 Å². The molecule has 1 fully saturated rings. The fourth-order valence-electron chi connectivity index (χ4n) is 3.20. The van der Waals surface area contributed by atoms with Gasteiger partial charge in [0.15, 0.2) is 11.6 Å². The Balaban J connectivity index is 1.54. The van der Waals surface area contributed by atoms with Crippen LogP contribution < -0.4 is 10.2 Å². The Morgan fingerprint density at radius 3 is 3.00 bits per heavy atom. The summed E-state index contributed by atoms with van der Waals surface area (Å²) < 4.78 is 26.4. The fraction of sp³-hybridized carbons (Fsp3) is 0.444. The maximum Gasteiger partial charge on any atom is 0.254 e. The molecule has 2 N–H and O–H groups in total. The van der Waals surface area contributed by atoms with Gasteiger partial charge in [0.25, 0.3) is 5.91 Å².